The molecule has 4 heteroatoms. The maximum atomic E-state index is 13.1. The van der Waals surface area contributed by atoms with Crippen LogP contribution in [0.2, 0.25) is 0 Å². The highest BCUT2D eigenvalue weighted by Gasteiger charge is 2.10. The Morgan fingerprint density at radius 1 is 1.29 bits per heavy atom. The second-order valence-corrected chi connectivity index (χ2v) is 4.92. The lowest BCUT2D eigenvalue weighted by Gasteiger charge is -2.15. The van der Waals surface area contributed by atoms with Gasteiger partial charge in [0.25, 0.3) is 0 Å². The van der Waals surface area contributed by atoms with Crippen LogP contribution in [0, 0.1) is 5.82 Å². The molecule has 2 aromatic rings. The number of nitrogens with one attached hydrogen (secondary N) is 1. The molecule has 0 aliphatic heterocycles. The van der Waals surface area contributed by atoms with Crippen LogP contribution in [-0.4, -0.2) is 0 Å². The Bertz CT molecular complexity index is 456. The van der Waals surface area contributed by atoms with Crippen molar-refractivity contribution in [1.82, 2.24) is 5.43 Å². The molecule has 1 atom stereocenters. The standard InChI is InChI=1S/C13H15FN2S/c14-11-4-1-3-10(9-11)13(16-15)7-6-12-5-2-8-17-12/h1-5,8-9,13,16H,6-7,15H2. The van der Waals surface area contributed by atoms with Gasteiger partial charge in [0.05, 0.1) is 0 Å². The van der Waals surface area contributed by atoms with Crippen molar-refractivity contribution in [2.45, 2.75) is 18.9 Å². The third-order valence-electron chi connectivity index (χ3n) is 2.71. The van der Waals surface area contributed by atoms with Gasteiger partial charge in [0.15, 0.2) is 0 Å². The second kappa shape index (κ2) is 5.91. The lowest BCUT2D eigenvalue weighted by atomic mass is 10.0. The molecule has 0 radical (unpaired) electrons. The third kappa shape index (κ3) is 3.36. The summed E-state index contributed by atoms with van der Waals surface area (Å²) in [6, 6.07) is 10.7. The van der Waals surface area contributed by atoms with E-state index in [-0.39, 0.29) is 11.9 Å². The van der Waals surface area contributed by atoms with Crippen molar-refractivity contribution in [2.24, 2.45) is 5.84 Å². The van der Waals surface area contributed by atoms with E-state index in [1.807, 2.05) is 12.1 Å². The highest BCUT2D eigenvalue weighted by atomic mass is 32.1. The van der Waals surface area contributed by atoms with Crippen molar-refractivity contribution in [3.8, 4) is 0 Å². The van der Waals surface area contributed by atoms with Gasteiger partial charge in [0, 0.05) is 10.9 Å². The molecule has 0 aliphatic rings. The Labute approximate surface area is 104 Å². The summed E-state index contributed by atoms with van der Waals surface area (Å²) in [7, 11) is 0. The van der Waals surface area contributed by atoms with Gasteiger partial charge in [-0.15, -0.1) is 11.3 Å². The Balaban J connectivity index is 2.01. The van der Waals surface area contributed by atoms with Crippen molar-refractivity contribution in [1.29, 1.82) is 0 Å². The molecule has 0 bridgehead atoms. The zero-order valence-corrected chi connectivity index (χ0v) is 10.2. The van der Waals surface area contributed by atoms with Gasteiger partial charge in [-0.2, -0.15) is 0 Å². The molecular formula is C13H15FN2S. The smallest absolute Gasteiger partial charge is 0.123 e. The molecule has 17 heavy (non-hydrogen) atoms. The minimum absolute atomic E-state index is 0.00667. The Hall–Kier alpha value is -1.23. The number of rotatable bonds is 5. The highest BCUT2D eigenvalue weighted by molar-refractivity contribution is 7.09. The molecule has 1 aromatic carbocycles. The van der Waals surface area contributed by atoms with Crippen LogP contribution in [-0.2, 0) is 6.42 Å². The van der Waals surface area contributed by atoms with Gasteiger partial charge in [-0.1, -0.05) is 18.2 Å². The molecule has 0 amide bonds. The summed E-state index contributed by atoms with van der Waals surface area (Å²) >= 11 is 1.73. The summed E-state index contributed by atoms with van der Waals surface area (Å²) in [6.07, 6.45) is 1.81. The summed E-state index contributed by atoms with van der Waals surface area (Å²) in [5.74, 6) is 5.30. The number of nitrogens with two attached hydrogens (primary N) is 1. The third-order valence-corrected chi connectivity index (χ3v) is 3.65. The maximum absolute atomic E-state index is 13.1. The van der Waals surface area contributed by atoms with E-state index in [1.165, 1.54) is 17.0 Å². The largest absolute Gasteiger partial charge is 0.271 e. The minimum Gasteiger partial charge on any atom is -0.271 e. The molecule has 2 rings (SSSR count). The summed E-state index contributed by atoms with van der Waals surface area (Å²) in [6.45, 7) is 0. The quantitative estimate of drug-likeness (QED) is 0.632. The zero-order chi connectivity index (χ0) is 12.1. The predicted molar refractivity (Wildman–Crippen MR) is 69.1 cm³/mol. The number of hydrazine groups is 1. The summed E-state index contributed by atoms with van der Waals surface area (Å²) in [5.41, 5.74) is 3.64. The number of thiophene rings is 1. The molecule has 2 nitrogen and oxygen atoms in total. The predicted octanol–water partition coefficient (Wildman–Crippen LogP) is 3.02. The van der Waals surface area contributed by atoms with E-state index in [0.29, 0.717) is 0 Å². The molecule has 0 aliphatic carbocycles. The Kier molecular flexibility index (Phi) is 4.25. The molecule has 3 N–H and O–H groups in total. The Morgan fingerprint density at radius 2 is 2.18 bits per heavy atom. The normalized spacial score (nSPS) is 12.6. The van der Waals surface area contributed by atoms with Gasteiger partial charge >= 0.3 is 0 Å². The second-order valence-electron chi connectivity index (χ2n) is 3.89. The topological polar surface area (TPSA) is 38.0 Å². The van der Waals surface area contributed by atoms with Crippen LogP contribution in [0.5, 0.6) is 0 Å². The molecule has 1 aromatic heterocycles. The minimum atomic E-state index is -0.223. The van der Waals surface area contributed by atoms with E-state index in [4.69, 9.17) is 5.84 Å². The molecule has 0 fully saturated rings. The number of halogens is 1. The fraction of sp³-hybridized carbons (Fsp3) is 0.231. The van der Waals surface area contributed by atoms with E-state index in [0.717, 1.165) is 18.4 Å². The monoisotopic (exact) mass is 250 g/mol. The fourth-order valence-electron chi connectivity index (χ4n) is 1.81. The zero-order valence-electron chi connectivity index (χ0n) is 9.40. The number of hydrogen-bond donors (Lipinski definition) is 2. The average Bonchev–Trinajstić information content (AvgIpc) is 2.83. The highest BCUT2D eigenvalue weighted by Crippen LogP contribution is 2.21. The van der Waals surface area contributed by atoms with Crippen molar-refractivity contribution < 1.29 is 4.39 Å². The molecule has 0 saturated heterocycles. The Morgan fingerprint density at radius 3 is 2.82 bits per heavy atom. The van der Waals surface area contributed by atoms with Crippen molar-refractivity contribution >= 4 is 11.3 Å². The van der Waals surface area contributed by atoms with E-state index in [9.17, 15) is 4.39 Å². The first-order valence-electron chi connectivity index (χ1n) is 5.53. The van der Waals surface area contributed by atoms with Crippen molar-refractivity contribution in [2.75, 3.05) is 0 Å². The SMILES string of the molecule is NNC(CCc1cccs1)c1cccc(F)c1. The molecular weight excluding hydrogens is 235 g/mol. The first-order chi connectivity index (χ1) is 8.29. The van der Waals surface area contributed by atoms with Gasteiger partial charge in [-0.05, 0) is 42.0 Å². The van der Waals surface area contributed by atoms with Gasteiger partial charge in [-0.25, -0.2) is 4.39 Å². The van der Waals surface area contributed by atoms with E-state index >= 15 is 0 Å². The number of benzene rings is 1. The van der Waals surface area contributed by atoms with Crippen molar-refractivity contribution in [3.05, 3.63) is 58.0 Å². The van der Waals surface area contributed by atoms with Crippen LogP contribution in [0.25, 0.3) is 0 Å². The van der Waals surface area contributed by atoms with Crippen LogP contribution in [0.15, 0.2) is 41.8 Å². The van der Waals surface area contributed by atoms with E-state index in [1.54, 1.807) is 17.4 Å². The lowest BCUT2D eigenvalue weighted by Crippen LogP contribution is -2.28. The van der Waals surface area contributed by atoms with Crippen LogP contribution < -0.4 is 11.3 Å². The summed E-state index contributed by atoms with van der Waals surface area (Å²) < 4.78 is 13.1. The van der Waals surface area contributed by atoms with E-state index in [2.05, 4.69) is 16.9 Å². The summed E-state index contributed by atoms with van der Waals surface area (Å²) in [4.78, 5) is 1.32. The van der Waals surface area contributed by atoms with E-state index < -0.39 is 0 Å². The van der Waals surface area contributed by atoms with Crippen LogP contribution >= 0.6 is 11.3 Å². The first-order valence-corrected chi connectivity index (χ1v) is 6.41. The molecule has 1 unspecified atom stereocenters. The lowest BCUT2D eigenvalue weighted by molar-refractivity contribution is 0.513. The first kappa shape index (κ1) is 12.2. The van der Waals surface area contributed by atoms with Crippen LogP contribution in [0.3, 0.4) is 0 Å². The summed E-state index contributed by atoms with van der Waals surface area (Å²) in [5, 5.41) is 2.06. The van der Waals surface area contributed by atoms with Gasteiger partial charge in [0.1, 0.15) is 5.82 Å². The molecule has 1 heterocycles. The molecule has 0 saturated carbocycles. The van der Waals surface area contributed by atoms with Crippen molar-refractivity contribution in [3.63, 3.8) is 0 Å². The fourth-order valence-corrected chi connectivity index (χ4v) is 2.54. The van der Waals surface area contributed by atoms with Crippen LogP contribution in [0.1, 0.15) is 22.9 Å². The van der Waals surface area contributed by atoms with Gasteiger partial charge in [0.2, 0.25) is 0 Å². The molecule has 90 valence electrons. The number of hydrogen-bond acceptors (Lipinski definition) is 3. The van der Waals surface area contributed by atoms with Gasteiger partial charge in [-0.3, -0.25) is 11.3 Å². The van der Waals surface area contributed by atoms with Gasteiger partial charge < -0.3 is 0 Å². The average molecular weight is 250 g/mol. The van der Waals surface area contributed by atoms with Crippen LogP contribution in [0.4, 0.5) is 4.39 Å². The molecule has 0 spiro atoms. The number of aryl methyl sites for hydroxylation is 1. The maximum Gasteiger partial charge on any atom is 0.123 e.